The predicted molar refractivity (Wildman–Crippen MR) is 71.9 cm³/mol. The molecule has 0 amide bonds. The fourth-order valence-electron chi connectivity index (χ4n) is 4.30. The van der Waals surface area contributed by atoms with Crippen molar-refractivity contribution in [2.75, 3.05) is 6.54 Å². The number of rotatable bonds is 2. The Bertz CT molecular complexity index is 368. The Kier molecular flexibility index (Phi) is 2.74. The molecule has 17 heavy (non-hydrogen) atoms. The van der Waals surface area contributed by atoms with Gasteiger partial charge in [-0.05, 0) is 36.7 Å². The van der Waals surface area contributed by atoms with Crippen LogP contribution in [-0.4, -0.2) is 6.54 Å². The zero-order valence-electron chi connectivity index (χ0n) is 10.6. The van der Waals surface area contributed by atoms with Crippen molar-refractivity contribution in [3.63, 3.8) is 0 Å². The highest BCUT2D eigenvalue weighted by molar-refractivity contribution is 5.31. The molecule has 2 saturated carbocycles. The first kappa shape index (κ1) is 11.3. The lowest BCUT2D eigenvalue weighted by Gasteiger charge is -2.58. The average Bonchev–Trinajstić information content (AvgIpc) is 2.37. The largest absolute Gasteiger partial charge is 0.330 e. The number of benzene rings is 1. The molecule has 0 aliphatic heterocycles. The summed E-state index contributed by atoms with van der Waals surface area (Å²) >= 11 is 0. The van der Waals surface area contributed by atoms with Crippen molar-refractivity contribution in [1.29, 1.82) is 0 Å². The van der Waals surface area contributed by atoms with E-state index in [-0.39, 0.29) is 0 Å². The van der Waals surface area contributed by atoms with Crippen LogP contribution in [0.2, 0.25) is 0 Å². The van der Waals surface area contributed by atoms with Crippen molar-refractivity contribution in [3.8, 4) is 0 Å². The standard InChI is InChI=1S/C16H23N/c17-13-16(14-7-3-1-4-8-14)11-15(12-16)9-5-2-6-10-15/h1,3-4,7-8H,2,5-6,9-13,17H2. The van der Waals surface area contributed by atoms with Gasteiger partial charge >= 0.3 is 0 Å². The molecule has 1 heteroatoms. The highest BCUT2D eigenvalue weighted by Gasteiger charge is 2.53. The summed E-state index contributed by atoms with van der Waals surface area (Å²) in [6.07, 6.45) is 9.89. The second-order valence-electron chi connectivity index (χ2n) is 6.26. The van der Waals surface area contributed by atoms with Gasteiger partial charge in [0.05, 0.1) is 0 Å². The summed E-state index contributed by atoms with van der Waals surface area (Å²) in [5.41, 5.74) is 8.53. The number of nitrogens with two attached hydrogens (primary N) is 1. The van der Waals surface area contributed by atoms with Crippen molar-refractivity contribution >= 4 is 0 Å². The third kappa shape index (κ3) is 1.81. The molecule has 1 aromatic rings. The zero-order valence-corrected chi connectivity index (χ0v) is 10.6. The third-order valence-corrected chi connectivity index (χ3v) is 5.12. The maximum Gasteiger partial charge on any atom is 0.00861 e. The van der Waals surface area contributed by atoms with Gasteiger partial charge in [0.25, 0.3) is 0 Å². The maximum atomic E-state index is 6.09. The lowest BCUT2D eigenvalue weighted by atomic mass is 9.47. The summed E-state index contributed by atoms with van der Waals surface area (Å²) in [5.74, 6) is 0. The van der Waals surface area contributed by atoms with Crippen LogP contribution < -0.4 is 5.73 Å². The number of hydrogen-bond acceptors (Lipinski definition) is 1. The van der Waals surface area contributed by atoms with Crippen molar-refractivity contribution in [1.82, 2.24) is 0 Å². The molecule has 2 N–H and O–H groups in total. The van der Waals surface area contributed by atoms with Crippen LogP contribution in [0.4, 0.5) is 0 Å². The van der Waals surface area contributed by atoms with E-state index >= 15 is 0 Å². The van der Waals surface area contributed by atoms with Gasteiger partial charge in [-0.25, -0.2) is 0 Å². The van der Waals surface area contributed by atoms with E-state index in [1.165, 1.54) is 50.5 Å². The van der Waals surface area contributed by atoms with Gasteiger partial charge in [-0.2, -0.15) is 0 Å². The highest BCUT2D eigenvalue weighted by Crippen LogP contribution is 2.61. The maximum absolute atomic E-state index is 6.09. The molecule has 1 nitrogen and oxygen atoms in total. The minimum atomic E-state index is 0.304. The van der Waals surface area contributed by atoms with E-state index in [1.807, 2.05) is 0 Å². The van der Waals surface area contributed by atoms with Gasteiger partial charge in [-0.3, -0.25) is 0 Å². The monoisotopic (exact) mass is 229 g/mol. The summed E-state index contributed by atoms with van der Waals surface area (Å²) < 4.78 is 0. The first-order valence-corrected chi connectivity index (χ1v) is 7.04. The van der Waals surface area contributed by atoms with Gasteiger partial charge in [0.15, 0.2) is 0 Å². The van der Waals surface area contributed by atoms with Crippen LogP contribution >= 0.6 is 0 Å². The summed E-state index contributed by atoms with van der Waals surface area (Å²) in [7, 11) is 0. The van der Waals surface area contributed by atoms with Crippen LogP contribution in [0.25, 0.3) is 0 Å². The average molecular weight is 229 g/mol. The summed E-state index contributed by atoms with van der Waals surface area (Å²) in [6, 6.07) is 10.9. The van der Waals surface area contributed by atoms with E-state index in [4.69, 9.17) is 5.73 Å². The normalized spacial score (nSPS) is 25.5. The van der Waals surface area contributed by atoms with Crippen molar-refractivity contribution in [3.05, 3.63) is 35.9 Å². The van der Waals surface area contributed by atoms with Crippen molar-refractivity contribution < 1.29 is 0 Å². The molecule has 0 unspecified atom stereocenters. The van der Waals surface area contributed by atoms with Gasteiger partial charge in [0.1, 0.15) is 0 Å². The minimum absolute atomic E-state index is 0.304. The Morgan fingerprint density at radius 2 is 1.59 bits per heavy atom. The van der Waals surface area contributed by atoms with E-state index in [0.29, 0.717) is 10.8 Å². The zero-order chi connectivity index (χ0) is 11.8. The predicted octanol–water partition coefficient (Wildman–Crippen LogP) is 3.63. The molecule has 1 spiro atoms. The smallest absolute Gasteiger partial charge is 0.00861 e. The molecule has 0 bridgehead atoms. The number of hydrogen-bond donors (Lipinski definition) is 1. The second kappa shape index (κ2) is 4.13. The fourth-order valence-corrected chi connectivity index (χ4v) is 4.30. The summed E-state index contributed by atoms with van der Waals surface area (Å²) in [6.45, 7) is 0.818. The van der Waals surface area contributed by atoms with E-state index in [1.54, 1.807) is 0 Å². The summed E-state index contributed by atoms with van der Waals surface area (Å²) in [5, 5.41) is 0. The minimum Gasteiger partial charge on any atom is -0.330 e. The van der Waals surface area contributed by atoms with Crippen LogP contribution in [0, 0.1) is 5.41 Å². The molecule has 2 aliphatic rings. The van der Waals surface area contributed by atoms with Crippen LogP contribution in [0.5, 0.6) is 0 Å². The van der Waals surface area contributed by atoms with Crippen molar-refractivity contribution in [2.24, 2.45) is 11.1 Å². The Balaban J connectivity index is 1.79. The molecular weight excluding hydrogens is 206 g/mol. The van der Waals surface area contributed by atoms with Crippen LogP contribution in [0.3, 0.4) is 0 Å². The molecule has 0 saturated heterocycles. The lowest BCUT2D eigenvalue weighted by Crippen LogP contribution is -2.54. The van der Waals surface area contributed by atoms with Crippen LogP contribution in [0.1, 0.15) is 50.5 Å². The van der Waals surface area contributed by atoms with Gasteiger partial charge in [0, 0.05) is 12.0 Å². The molecule has 0 heterocycles. The second-order valence-corrected chi connectivity index (χ2v) is 6.26. The molecule has 2 fully saturated rings. The van der Waals surface area contributed by atoms with Crippen LogP contribution in [-0.2, 0) is 5.41 Å². The SMILES string of the molecule is NCC1(c2ccccc2)CC2(CCCCC2)C1. The van der Waals surface area contributed by atoms with E-state index in [2.05, 4.69) is 30.3 Å². The van der Waals surface area contributed by atoms with Gasteiger partial charge in [-0.1, -0.05) is 49.6 Å². The lowest BCUT2D eigenvalue weighted by molar-refractivity contribution is -0.00833. The van der Waals surface area contributed by atoms with E-state index < -0.39 is 0 Å². The quantitative estimate of drug-likeness (QED) is 0.823. The Morgan fingerprint density at radius 3 is 2.18 bits per heavy atom. The van der Waals surface area contributed by atoms with Gasteiger partial charge < -0.3 is 5.73 Å². The van der Waals surface area contributed by atoms with Crippen molar-refractivity contribution in [2.45, 2.75) is 50.4 Å². The highest BCUT2D eigenvalue weighted by atomic mass is 14.7. The fraction of sp³-hybridized carbons (Fsp3) is 0.625. The van der Waals surface area contributed by atoms with Crippen LogP contribution in [0.15, 0.2) is 30.3 Å². The topological polar surface area (TPSA) is 26.0 Å². The molecule has 2 aliphatic carbocycles. The molecule has 0 aromatic heterocycles. The first-order valence-electron chi connectivity index (χ1n) is 7.04. The molecule has 92 valence electrons. The van der Waals surface area contributed by atoms with E-state index in [9.17, 15) is 0 Å². The Hall–Kier alpha value is -0.820. The molecular formula is C16H23N. The Morgan fingerprint density at radius 1 is 0.941 bits per heavy atom. The molecule has 0 radical (unpaired) electrons. The Labute approximate surface area is 104 Å². The molecule has 0 atom stereocenters. The third-order valence-electron chi connectivity index (χ3n) is 5.12. The molecule has 3 rings (SSSR count). The molecule has 1 aromatic carbocycles. The van der Waals surface area contributed by atoms with E-state index in [0.717, 1.165) is 6.54 Å². The van der Waals surface area contributed by atoms with Gasteiger partial charge in [0.2, 0.25) is 0 Å². The first-order chi connectivity index (χ1) is 8.29. The summed E-state index contributed by atoms with van der Waals surface area (Å²) in [4.78, 5) is 0. The van der Waals surface area contributed by atoms with Gasteiger partial charge in [-0.15, -0.1) is 0 Å².